The molecule has 1 aromatic carbocycles. The number of carbonyl (C=O) groups is 2. The Balaban J connectivity index is 2.58. The van der Waals surface area contributed by atoms with Crippen molar-refractivity contribution >= 4 is 18.0 Å². The molecule has 0 heterocycles. The third kappa shape index (κ3) is 6.37. The van der Waals surface area contributed by atoms with Crippen LogP contribution in [0, 0.1) is 10.1 Å². The molecule has 0 aliphatic carbocycles. The Morgan fingerprint density at radius 1 is 1.36 bits per heavy atom. The van der Waals surface area contributed by atoms with Crippen molar-refractivity contribution < 1.29 is 34.5 Å². The van der Waals surface area contributed by atoms with E-state index in [-0.39, 0.29) is 36.5 Å². The quantitative estimate of drug-likeness (QED) is 0.183. The molecule has 118 valence electrons. The summed E-state index contributed by atoms with van der Waals surface area (Å²) in [5, 5.41) is 27.0. The van der Waals surface area contributed by atoms with Crippen molar-refractivity contribution in [3.8, 4) is 11.5 Å². The summed E-state index contributed by atoms with van der Waals surface area (Å²) >= 11 is 0. The van der Waals surface area contributed by atoms with Crippen LogP contribution in [0.3, 0.4) is 0 Å². The maximum absolute atomic E-state index is 11.5. The Labute approximate surface area is 124 Å². The molecule has 0 aliphatic rings. The molecule has 0 spiro atoms. The predicted molar refractivity (Wildman–Crippen MR) is 72.6 cm³/mol. The van der Waals surface area contributed by atoms with Gasteiger partial charge < -0.3 is 19.8 Å². The fraction of sp³-hybridized carbons (Fsp3) is 0.231. The summed E-state index contributed by atoms with van der Waals surface area (Å²) in [6, 6.07) is 3.87. The number of carbonyl (C=O) groups excluding carboxylic acids is 1. The summed E-state index contributed by atoms with van der Waals surface area (Å²) in [5.41, 5.74) is 0.171. The lowest BCUT2D eigenvalue weighted by Crippen LogP contribution is -2.10. The summed E-state index contributed by atoms with van der Waals surface area (Å²) in [4.78, 5) is 35.9. The summed E-state index contributed by atoms with van der Waals surface area (Å²) in [5.74, 6) is -1.88. The monoisotopic (exact) mass is 311 g/mol. The largest absolute Gasteiger partial charge is 0.507 e. The highest BCUT2D eigenvalue weighted by molar-refractivity contribution is 5.86. The average Bonchev–Trinajstić information content (AvgIpc) is 2.44. The first-order valence-corrected chi connectivity index (χ1v) is 6.10. The van der Waals surface area contributed by atoms with Gasteiger partial charge in [0, 0.05) is 18.1 Å². The Kier molecular flexibility index (Phi) is 6.35. The van der Waals surface area contributed by atoms with E-state index < -0.39 is 17.0 Å². The molecule has 22 heavy (non-hydrogen) atoms. The maximum Gasteiger partial charge on any atom is 0.328 e. The second-order valence-electron chi connectivity index (χ2n) is 4.03. The molecule has 1 rings (SSSR count). The van der Waals surface area contributed by atoms with E-state index in [0.717, 1.165) is 12.2 Å². The molecule has 0 unspecified atom stereocenters. The Morgan fingerprint density at radius 3 is 2.73 bits per heavy atom. The van der Waals surface area contributed by atoms with Crippen molar-refractivity contribution in [3.63, 3.8) is 0 Å². The number of aliphatic carboxylic acids is 1. The van der Waals surface area contributed by atoms with Crippen LogP contribution >= 0.6 is 0 Å². The lowest BCUT2D eigenvalue weighted by Gasteiger charge is -2.06. The number of ether oxygens (including phenoxy) is 1. The highest BCUT2D eigenvalue weighted by Crippen LogP contribution is 2.24. The molecule has 0 bridgehead atoms. The molecule has 0 amide bonds. The van der Waals surface area contributed by atoms with E-state index in [0.29, 0.717) is 0 Å². The standard InChI is InChI=1S/C13H13NO8/c15-11-5-4-10(8-9(11)3-6-12(16)17)22-13(18)2-1-7-21-14(19)20/h3-6,8,15H,1-2,7H2,(H,16,17). The molecular formula is C13H13NO8. The zero-order valence-electron chi connectivity index (χ0n) is 11.3. The van der Waals surface area contributed by atoms with Crippen LogP contribution in [0.15, 0.2) is 24.3 Å². The highest BCUT2D eigenvalue weighted by atomic mass is 16.9. The molecule has 0 radical (unpaired) electrons. The second-order valence-corrected chi connectivity index (χ2v) is 4.03. The minimum Gasteiger partial charge on any atom is -0.507 e. The highest BCUT2D eigenvalue weighted by Gasteiger charge is 2.08. The zero-order chi connectivity index (χ0) is 16.5. The van der Waals surface area contributed by atoms with Crippen LogP contribution in [-0.2, 0) is 14.4 Å². The van der Waals surface area contributed by atoms with Crippen LogP contribution in [0.5, 0.6) is 11.5 Å². The third-order valence-corrected chi connectivity index (χ3v) is 2.36. The van der Waals surface area contributed by atoms with E-state index in [4.69, 9.17) is 9.84 Å². The number of hydrogen-bond acceptors (Lipinski definition) is 7. The summed E-state index contributed by atoms with van der Waals surface area (Å²) in [7, 11) is 0. The SMILES string of the molecule is O=C(O)C=Cc1cc(OC(=O)CCCO[N+](=O)[O-])ccc1O. The number of rotatable bonds is 8. The molecule has 0 fully saturated rings. The number of aromatic hydroxyl groups is 1. The van der Waals surface area contributed by atoms with E-state index in [2.05, 4.69) is 4.84 Å². The number of benzene rings is 1. The first kappa shape index (κ1) is 17.0. The average molecular weight is 311 g/mol. The molecule has 2 N–H and O–H groups in total. The van der Waals surface area contributed by atoms with Crippen molar-refractivity contribution in [2.45, 2.75) is 12.8 Å². The van der Waals surface area contributed by atoms with Crippen molar-refractivity contribution in [2.24, 2.45) is 0 Å². The number of nitrogens with zero attached hydrogens (tertiary/aromatic N) is 1. The van der Waals surface area contributed by atoms with Crippen LogP contribution in [0.4, 0.5) is 0 Å². The summed E-state index contributed by atoms with van der Waals surface area (Å²) in [6.07, 6.45) is 2.01. The van der Waals surface area contributed by atoms with E-state index in [1.165, 1.54) is 18.2 Å². The van der Waals surface area contributed by atoms with E-state index in [1.54, 1.807) is 0 Å². The van der Waals surface area contributed by atoms with E-state index >= 15 is 0 Å². The molecule has 0 atom stereocenters. The van der Waals surface area contributed by atoms with Gasteiger partial charge in [0.2, 0.25) is 0 Å². The zero-order valence-corrected chi connectivity index (χ0v) is 11.3. The predicted octanol–water partition coefficient (Wildman–Crippen LogP) is 1.38. The van der Waals surface area contributed by atoms with Gasteiger partial charge in [-0.05, 0) is 30.7 Å². The molecule has 9 nitrogen and oxygen atoms in total. The second kappa shape index (κ2) is 8.25. The number of carboxylic acid groups (broad SMARTS) is 1. The number of phenols is 1. The fourth-order valence-electron chi connectivity index (χ4n) is 1.43. The molecule has 0 saturated carbocycles. The Bertz CT molecular complexity index is 596. The number of phenolic OH excluding ortho intramolecular Hbond substituents is 1. The van der Waals surface area contributed by atoms with Crippen molar-refractivity contribution in [2.75, 3.05) is 6.61 Å². The van der Waals surface area contributed by atoms with Crippen LogP contribution in [0.25, 0.3) is 6.08 Å². The van der Waals surface area contributed by atoms with Gasteiger partial charge in [-0.2, -0.15) is 0 Å². The lowest BCUT2D eigenvalue weighted by molar-refractivity contribution is -0.757. The number of carboxylic acids is 1. The van der Waals surface area contributed by atoms with Crippen molar-refractivity contribution in [1.29, 1.82) is 0 Å². The first-order valence-electron chi connectivity index (χ1n) is 6.10. The van der Waals surface area contributed by atoms with Crippen LogP contribution < -0.4 is 4.74 Å². The normalized spacial score (nSPS) is 10.4. The van der Waals surface area contributed by atoms with E-state index in [9.17, 15) is 24.8 Å². The van der Waals surface area contributed by atoms with Gasteiger partial charge >= 0.3 is 11.9 Å². The van der Waals surface area contributed by atoms with Gasteiger partial charge in [-0.15, -0.1) is 10.1 Å². The summed E-state index contributed by atoms with van der Waals surface area (Å²) in [6.45, 7) is -0.218. The van der Waals surface area contributed by atoms with Gasteiger partial charge in [-0.25, -0.2) is 4.79 Å². The van der Waals surface area contributed by atoms with Crippen molar-refractivity contribution in [3.05, 3.63) is 40.0 Å². The third-order valence-electron chi connectivity index (χ3n) is 2.36. The molecule has 0 aromatic heterocycles. The fourth-order valence-corrected chi connectivity index (χ4v) is 1.43. The molecule has 0 aliphatic heterocycles. The molecule has 1 aromatic rings. The van der Waals surface area contributed by atoms with Crippen molar-refractivity contribution in [1.82, 2.24) is 0 Å². The van der Waals surface area contributed by atoms with Gasteiger partial charge in [-0.1, -0.05) is 0 Å². The number of esters is 1. The molecular weight excluding hydrogens is 298 g/mol. The summed E-state index contributed by atoms with van der Waals surface area (Å²) < 4.78 is 4.97. The van der Waals surface area contributed by atoms with Gasteiger partial charge in [0.15, 0.2) is 0 Å². The Hall–Kier alpha value is -3.10. The van der Waals surface area contributed by atoms with Gasteiger partial charge in [0.25, 0.3) is 5.09 Å². The number of hydrogen-bond donors (Lipinski definition) is 2. The maximum atomic E-state index is 11.5. The van der Waals surface area contributed by atoms with Crippen LogP contribution in [0.1, 0.15) is 18.4 Å². The minimum atomic E-state index is -1.19. The molecule has 0 saturated heterocycles. The van der Waals surface area contributed by atoms with E-state index in [1.807, 2.05) is 0 Å². The first-order chi connectivity index (χ1) is 10.4. The smallest absolute Gasteiger partial charge is 0.328 e. The van der Waals surface area contributed by atoms with Crippen LogP contribution in [0.2, 0.25) is 0 Å². The topological polar surface area (TPSA) is 136 Å². The van der Waals surface area contributed by atoms with Gasteiger partial charge in [-0.3, -0.25) is 4.79 Å². The Morgan fingerprint density at radius 2 is 2.09 bits per heavy atom. The minimum absolute atomic E-state index is 0.0883. The van der Waals surface area contributed by atoms with Gasteiger partial charge in [0.05, 0.1) is 6.61 Å². The van der Waals surface area contributed by atoms with Crippen LogP contribution in [-0.4, -0.2) is 33.8 Å². The van der Waals surface area contributed by atoms with Gasteiger partial charge in [0.1, 0.15) is 11.5 Å². The molecule has 9 heteroatoms. The lowest BCUT2D eigenvalue weighted by atomic mass is 10.1.